The molecule has 0 aliphatic heterocycles. The van der Waals surface area contributed by atoms with Gasteiger partial charge in [0.05, 0.1) is 0 Å². The summed E-state index contributed by atoms with van der Waals surface area (Å²) in [5.41, 5.74) is 6.89. The van der Waals surface area contributed by atoms with E-state index in [0.29, 0.717) is 0 Å². The summed E-state index contributed by atoms with van der Waals surface area (Å²) in [5, 5.41) is 0. The van der Waals surface area contributed by atoms with Crippen LogP contribution in [0, 0.1) is 0 Å². The molecule has 70 valence electrons. The Labute approximate surface area is 78.8 Å². The molecule has 0 aliphatic carbocycles. The molecule has 13 heavy (non-hydrogen) atoms. The van der Waals surface area contributed by atoms with Crippen LogP contribution in [0.25, 0.3) is 0 Å². The average molecular weight is 177 g/mol. The largest absolute Gasteiger partial charge is 0.399 e. The van der Waals surface area contributed by atoms with Crippen molar-refractivity contribution in [2.45, 2.75) is 26.2 Å². The van der Waals surface area contributed by atoms with Crippen molar-refractivity contribution in [3.8, 4) is 0 Å². The number of carbonyl (C=O) groups excluding carboxylic acids is 1. The fourth-order valence-electron chi connectivity index (χ4n) is 1.10. The second-order valence-electron chi connectivity index (χ2n) is 3.80. The highest BCUT2D eigenvalue weighted by Crippen LogP contribution is 2.24. The third-order valence-corrected chi connectivity index (χ3v) is 2.51. The van der Waals surface area contributed by atoms with E-state index in [1.165, 1.54) is 0 Å². The fourth-order valence-corrected chi connectivity index (χ4v) is 1.10. The first-order valence-electron chi connectivity index (χ1n) is 4.31. The van der Waals surface area contributed by atoms with Crippen LogP contribution in [-0.4, -0.2) is 5.78 Å². The summed E-state index contributed by atoms with van der Waals surface area (Å²) in [6.07, 6.45) is 0. The van der Waals surface area contributed by atoms with Crippen molar-refractivity contribution in [3.05, 3.63) is 29.8 Å². The molecular formula is C11H15NO. The third kappa shape index (κ3) is 1.89. The van der Waals surface area contributed by atoms with Gasteiger partial charge < -0.3 is 5.73 Å². The molecule has 0 heterocycles. The molecule has 1 rings (SSSR count). The number of carbonyl (C=O) groups is 1. The molecule has 0 fully saturated rings. The summed E-state index contributed by atoms with van der Waals surface area (Å²) in [7, 11) is 0. The van der Waals surface area contributed by atoms with Crippen molar-refractivity contribution in [1.29, 1.82) is 0 Å². The number of anilines is 1. The Morgan fingerprint density at radius 3 is 2.08 bits per heavy atom. The second-order valence-corrected chi connectivity index (χ2v) is 3.80. The van der Waals surface area contributed by atoms with Crippen molar-refractivity contribution in [2.24, 2.45) is 0 Å². The average Bonchev–Trinajstić information content (AvgIpc) is 2.04. The van der Waals surface area contributed by atoms with Crippen LogP contribution in [0.4, 0.5) is 5.69 Å². The molecule has 0 aromatic heterocycles. The lowest BCUT2D eigenvalue weighted by atomic mass is 9.81. The Kier molecular flexibility index (Phi) is 2.41. The number of benzene rings is 1. The topological polar surface area (TPSA) is 43.1 Å². The maximum Gasteiger partial charge on any atom is 0.139 e. The van der Waals surface area contributed by atoms with Crippen molar-refractivity contribution < 1.29 is 4.79 Å². The molecule has 0 spiro atoms. The van der Waals surface area contributed by atoms with Crippen molar-refractivity contribution in [3.63, 3.8) is 0 Å². The Bertz CT molecular complexity index is 311. The lowest BCUT2D eigenvalue weighted by molar-refractivity contribution is -0.121. The Balaban J connectivity index is 3.08. The van der Waals surface area contributed by atoms with E-state index in [9.17, 15) is 4.79 Å². The molecule has 0 atom stereocenters. The van der Waals surface area contributed by atoms with Crippen LogP contribution in [0.2, 0.25) is 0 Å². The van der Waals surface area contributed by atoms with Gasteiger partial charge in [-0.1, -0.05) is 12.1 Å². The van der Waals surface area contributed by atoms with E-state index in [2.05, 4.69) is 0 Å². The van der Waals surface area contributed by atoms with Gasteiger partial charge >= 0.3 is 0 Å². The van der Waals surface area contributed by atoms with Gasteiger partial charge in [0, 0.05) is 11.1 Å². The maximum atomic E-state index is 11.3. The summed E-state index contributed by atoms with van der Waals surface area (Å²) >= 11 is 0. The minimum Gasteiger partial charge on any atom is -0.399 e. The van der Waals surface area contributed by atoms with E-state index in [0.717, 1.165) is 11.3 Å². The molecule has 2 nitrogen and oxygen atoms in total. The van der Waals surface area contributed by atoms with Crippen molar-refractivity contribution in [1.82, 2.24) is 0 Å². The van der Waals surface area contributed by atoms with Gasteiger partial charge in [-0.05, 0) is 38.5 Å². The summed E-state index contributed by atoms with van der Waals surface area (Å²) in [6.45, 7) is 5.44. The van der Waals surface area contributed by atoms with Crippen LogP contribution in [-0.2, 0) is 10.2 Å². The molecule has 0 aliphatic rings. The first kappa shape index (κ1) is 9.78. The molecule has 0 saturated heterocycles. The molecule has 0 unspecified atom stereocenters. The van der Waals surface area contributed by atoms with Gasteiger partial charge in [0.2, 0.25) is 0 Å². The molecule has 0 amide bonds. The van der Waals surface area contributed by atoms with Crippen molar-refractivity contribution in [2.75, 3.05) is 5.73 Å². The van der Waals surface area contributed by atoms with Gasteiger partial charge in [-0.25, -0.2) is 0 Å². The maximum absolute atomic E-state index is 11.3. The zero-order valence-electron chi connectivity index (χ0n) is 8.29. The molecule has 1 aromatic rings. The van der Waals surface area contributed by atoms with E-state index in [4.69, 9.17) is 5.73 Å². The number of hydrogen-bond donors (Lipinski definition) is 1. The Hall–Kier alpha value is -1.31. The number of nitrogens with two attached hydrogens (primary N) is 1. The van der Waals surface area contributed by atoms with Gasteiger partial charge in [-0.2, -0.15) is 0 Å². The van der Waals surface area contributed by atoms with E-state index in [1.54, 1.807) is 6.92 Å². The monoisotopic (exact) mass is 177 g/mol. The number of ketones is 1. The normalized spacial score (nSPS) is 11.3. The molecular weight excluding hydrogens is 162 g/mol. The highest BCUT2D eigenvalue weighted by Gasteiger charge is 2.25. The van der Waals surface area contributed by atoms with E-state index < -0.39 is 5.41 Å². The van der Waals surface area contributed by atoms with Crippen LogP contribution in [0.5, 0.6) is 0 Å². The molecule has 2 heteroatoms. The highest BCUT2D eigenvalue weighted by molar-refractivity contribution is 5.87. The lowest BCUT2D eigenvalue weighted by Gasteiger charge is -2.21. The van der Waals surface area contributed by atoms with E-state index in [1.807, 2.05) is 38.1 Å². The zero-order valence-corrected chi connectivity index (χ0v) is 8.29. The van der Waals surface area contributed by atoms with E-state index in [-0.39, 0.29) is 5.78 Å². The van der Waals surface area contributed by atoms with Crippen LogP contribution in [0.3, 0.4) is 0 Å². The fraction of sp³-hybridized carbons (Fsp3) is 0.364. The van der Waals surface area contributed by atoms with Crippen LogP contribution >= 0.6 is 0 Å². The summed E-state index contributed by atoms with van der Waals surface area (Å²) in [5.74, 6) is 0.164. The molecule has 0 saturated carbocycles. The Morgan fingerprint density at radius 1 is 1.23 bits per heavy atom. The third-order valence-electron chi connectivity index (χ3n) is 2.51. The summed E-state index contributed by atoms with van der Waals surface area (Å²) < 4.78 is 0. The van der Waals surface area contributed by atoms with Crippen LogP contribution < -0.4 is 5.73 Å². The minimum atomic E-state index is -0.409. The highest BCUT2D eigenvalue weighted by atomic mass is 16.1. The SMILES string of the molecule is CC(=O)C(C)(C)c1ccc(N)cc1. The molecule has 0 bridgehead atoms. The quantitative estimate of drug-likeness (QED) is 0.703. The van der Waals surface area contributed by atoms with Gasteiger partial charge in [0.25, 0.3) is 0 Å². The zero-order chi connectivity index (χ0) is 10.1. The van der Waals surface area contributed by atoms with Gasteiger partial charge in [0.15, 0.2) is 0 Å². The minimum absolute atomic E-state index is 0.164. The number of rotatable bonds is 2. The van der Waals surface area contributed by atoms with Crippen LogP contribution in [0.1, 0.15) is 26.3 Å². The Morgan fingerprint density at radius 2 is 1.69 bits per heavy atom. The predicted molar refractivity (Wildman–Crippen MR) is 54.6 cm³/mol. The number of hydrogen-bond acceptors (Lipinski definition) is 2. The number of Topliss-reactive ketones (excluding diaryl/α,β-unsaturated/α-hetero) is 1. The van der Waals surface area contributed by atoms with Gasteiger partial charge in [0.1, 0.15) is 5.78 Å². The van der Waals surface area contributed by atoms with E-state index >= 15 is 0 Å². The lowest BCUT2D eigenvalue weighted by Crippen LogP contribution is -2.26. The first-order valence-corrected chi connectivity index (χ1v) is 4.31. The number of nitrogen functional groups attached to an aromatic ring is 1. The van der Waals surface area contributed by atoms with Crippen LogP contribution in [0.15, 0.2) is 24.3 Å². The first-order chi connectivity index (χ1) is 5.94. The van der Waals surface area contributed by atoms with Crippen molar-refractivity contribution >= 4 is 11.5 Å². The van der Waals surface area contributed by atoms with Gasteiger partial charge in [-0.15, -0.1) is 0 Å². The molecule has 2 N–H and O–H groups in total. The summed E-state index contributed by atoms with van der Waals surface area (Å²) in [6, 6.07) is 7.44. The second kappa shape index (κ2) is 3.21. The van der Waals surface area contributed by atoms with Gasteiger partial charge in [-0.3, -0.25) is 4.79 Å². The standard InChI is InChI=1S/C11H15NO/c1-8(13)11(2,3)9-4-6-10(12)7-5-9/h4-7H,12H2,1-3H3. The predicted octanol–water partition coefficient (Wildman–Crippen LogP) is 2.14. The molecule has 1 aromatic carbocycles. The summed E-state index contributed by atoms with van der Waals surface area (Å²) in [4.78, 5) is 11.3. The smallest absolute Gasteiger partial charge is 0.139 e. The molecule has 0 radical (unpaired) electrons.